The third kappa shape index (κ3) is 8.75. The van der Waals surface area contributed by atoms with Gasteiger partial charge in [0.25, 0.3) is 0 Å². The number of fused-ring (bicyclic) bond motifs is 2. The van der Waals surface area contributed by atoms with E-state index in [1.165, 1.54) is 0 Å². The van der Waals surface area contributed by atoms with Gasteiger partial charge in [0.2, 0.25) is 17.7 Å². The van der Waals surface area contributed by atoms with Gasteiger partial charge in [-0.3, -0.25) is 14.4 Å². The third-order valence-electron chi connectivity index (χ3n) is 5.81. The molecule has 0 radical (unpaired) electrons. The van der Waals surface area contributed by atoms with E-state index in [-0.39, 0.29) is 30.6 Å². The first kappa shape index (κ1) is 27.9. The Morgan fingerprint density at radius 1 is 0.917 bits per heavy atom. The van der Waals surface area contributed by atoms with E-state index in [0.29, 0.717) is 31.3 Å². The molecule has 3 amide bonds. The summed E-state index contributed by atoms with van der Waals surface area (Å²) >= 11 is 0. The highest BCUT2D eigenvalue weighted by atomic mass is 33.1. The molecular formula is C28H35N3O3S2. The van der Waals surface area contributed by atoms with E-state index >= 15 is 0 Å². The molecule has 2 aromatic carbocycles. The third-order valence-corrected chi connectivity index (χ3v) is 8.78. The molecule has 6 nitrogen and oxygen atoms in total. The molecule has 0 aliphatic carbocycles. The Kier molecular flexibility index (Phi) is 11.4. The molecule has 8 heteroatoms. The Labute approximate surface area is 222 Å². The van der Waals surface area contributed by atoms with Gasteiger partial charge in [0.05, 0.1) is 12.2 Å². The number of hydrogen-bond donors (Lipinski definition) is 2. The number of anilines is 1. The van der Waals surface area contributed by atoms with Crippen LogP contribution in [0.15, 0.2) is 48.5 Å². The van der Waals surface area contributed by atoms with Crippen molar-refractivity contribution in [3.8, 4) is 0 Å². The Hall–Kier alpha value is -2.71. The average Bonchev–Trinajstić information content (AvgIpc) is 2.87. The molecule has 0 saturated carbocycles. The van der Waals surface area contributed by atoms with E-state index in [2.05, 4.69) is 29.7 Å². The Morgan fingerprint density at radius 3 is 2.42 bits per heavy atom. The second-order valence-corrected chi connectivity index (χ2v) is 11.6. The number of rotatable bonds is 12. The van der Waals surface area contributed by atoms with Crippen molar-refractivity contribution in [3.05, 3.63) is 65.2 Å². The molecule has 1 aliphatic heterocycles. The first-order valence-corrected chi connectivity index (χ1v) is 14.8. The van der Waals surface area contributed by atoms with Gasteiger partial charge >= 0.3 is 0 Å². The van der Waals surface area contributed by atoms with Crippen molar-refractivity contribution in [1.29, 1.82) is 0 Å². The lowest BCUT2D eigenvalue weighted by molar-refractivity contribution is -0.125. The Balaban J connectivity index is 1.43. The number of benzene rings is 2. The smallest absolute Gasteiger partial charge is 0.227 e. The number of nitrogens with one attached hydrogen (secondary N) is 2. The summed E-state index contributed by atoms with van der Waals surface area (Å²) in [5.74, 6) is 0.697. The minimum Gasteiger partial charge on any atom is -0.356 e. The molecular weight excluding hydrogens is 490 g/mol. The minimum absolute atomic E-state index is 0.0615. The van der Waals surface area contributed by atoms with Crippen LogP contribution in [-0.2, 0) is 20.9 Å². The zero-order valence-electron chi connectivity index (χ0n) is 21.0. The average molecular weight is 526 g/mol. The fourth-order valence-corrected chi connectivity index (χ4v) is 6.13. The fraction of sp³-hybridized carbons (Fsp3) is 0.393. The van der Waals surface area contributed by atoms with Gasteiger partial charge in [0.15, 0.2) is 0 Å². The van der Waals surface area contributed by atoms with Crippen LogP contribution in [0.25, 0.3) is 12.2 Å². The van der Waals surface area contributed by atoms with Crippen LogP contribution < -0.4 is 15.5 Å². The van der Waals surface area contributed by atoms with Gasteiger partial charge in [-0.05, 0) is 36.1 Å². The highest BCUT2D eigenvalue weighted by molar-refractivity contribution is 8.76. The van der Waals surface area contributed by atoms with E-state index in [1.807, 2.05) is 55.5 Å². The van der Waals surface area contributed by atoms with Gasteiger partial charge in [-0.1, -0.05) is 83.1 Å². The monoisotopic (exact) mass is 525 g/mol. The van der Waals surface area contributed by atoms with Crippen molar-refractivity contribution < 1.29 is 14.4 Å². The summed E-state index contributed by atoms with van der Waals surface area (Å²) in [4.78, 5) is 39.0. The van der Waals surface area contributed by atoms with E-state index in [1.54, 1.807) is 26.5 Å². The number of para-hydroxylation sites is 1. The first-order chi connectivity index (χ1) is 17.5. The second-order valence-electron chi connectivity index (χ2n) is 8.64. The Morgan fingerprint density at radius 2 is 1.61 bits per heavy atom. The van der Waals surface area contributed by atoms with Crippen LogP contribution in [0.2, 0.25) is 0 Å². The van der Waals surface area contributed by atoms with Crippen molar-refractivity contribution in [1.82, 2.24) is 10.6 Å². The lowest BCUT2D eigenvalue weighted by Crippen LogP contribution is -2.33. The summed E-state index contributed by atoms with van der Waals surface area (Å²) in [6, 6.07) is 15.9. The minimum atomic E-state index is -0.112. The molecule has 192 valence electrons. The maximum Gasteiger partial charge on any atom is 0.227 e. The summed E-state index contributed by atoms with van der Waals surface area (Å²) < 4.78 is 0. The maximum absolute atomic E-state index is 13.2. The summed E-state index contributed by atoms with van der Waals surface area (Å²) in [5, 5.41) is 6.10. The van der Waals surface area contributed by atoms with E-state index < -0.39 is 0 Å². The number of carbonyl (C=O) groups is 3. The topological polar surface area (TPSA) is 78.5 Å². The molecule has 0 spiro atoms. The molecule has 0 bridgehead atoms. The van der Waals surface area contributed by atoms with Crippen molar-refractivity contribution in [2.45, 2.75) is 51.3 Å². The van der Waals surface area contributed by atoms with Crippen LogP contribution >= 0.6 is 21.6 Å². The Bertz CT molecular complexity index is 1070. The summed E-state index contributed by atoms with van der Waals surface area (Å²) in [6.45, 7) is 5.72. The highest BCUT2D eigenvalue weighted by Gasteiger charge is 2.21. The van der Waals surface area contributed by atoms with Crippen LogP contribution in [0.3, 0.4) is 0 Å². The van der Waals surface area contributed by atoms with E-state index in [0.717, 1.165) is 34.6 Å². The van der Waals surface area contributed by atoms with Gasteiger partial charge in [-0.25, -0.2) is 0 Å². The lowest BCUT2D eigenvalue weighted by Gasteiger charge is -2.27. The van der Waals surface area contributed by atoms with Crippen molar-refractivity contribution in [2.24, 2.45) is 0 Å². The number of amides is 3. The molecule has 0 saturated heterocycles. The van der Waals surface area contributed by atoms with Gasteiger partial charge in [0.1, 0.15) is 0 Å². The van der Waals surface area contributed by atoms with Gasteiger partial charge in [0, 0.05) is 43.4 Å². The molecule has 2 N–H and O–H groups in total. The van der Waals surface area contributed by atoms with Crippen molar-refractivity contribution in [2.75, 3.05) is 23.7 Å². The molecule has 1 atom stereocenters. The summed E-state index contributed by atoms with van der Waals surface area (Å²) in [5.41, 5.74) is 4.02. The normalized spacial score (nSPS) is 14.0. The quantitative estimate of drug-likeness (QED) is 0.291. The number of hydrogen-bond acceptors (Lipinski definition) is 5. The summed E-state index contributed by atoms with van der Waals surface area (Å²) in [6.07, 6.45) is 5.82. The number of carbonyl (C=O) groups excluding carboxylic acids is 3. The van der Waals surface area contributed by atoms with Crippen LogP contribution in [0.1, 0.15) is 56.2 Å². The van der Waals surface area contributed by atoms with Crippen LogP contribution in [0.4, 0.5) is 5.69 Å². The van der Waals surface area contributed by atoms with Crippen LogP contribution in [-0.4, -0.2) is 41.8 Å². The maximum atomic E-state index is 13.2. The fourth-order valence-electron chi connectivity index (χ4n) is 3.88. The molecule has 0 fully saturated rings. The van der Waals surface area contributed by atoms with E-state index in [4.69, 9.17) is 0 Å². The van der Waals surface area contributed by atoms with Gasteiger partial charge in [-0.15, -0.1) is 0 Å². The van der Waals surface area contributed by atoms with Gasteiger partial charge in [-0.2, -0.15) is 0 Å². The second kappa shape index (κ2) is 14.8. The lowest BCUT2D eigenvalue weighted by atomic mass is 10.0. The zero-order valence-corrected chi connectivity index (χ0v) is 22.6. The van der Waals surface area contributed by atoms with Gasteiger partial charge < -0.3 is 15.5 Å². The van der Waals surface area contributed by atoms with E-state index in [9.17, 15) is 14.4 Å². The largest absolute Gasteiger partial charge is 0.356 e. The zero-order chi connectivity index (χ0) is 25.8. The molecule has 1 unspecified atom stereocenters. The first-order valence-electron chi connectivity index (χ1n) is 12.4. The van der Waals surface area contributed by atoms with Crippen molar-refractivity contribution in [3.63, 3.8) is 0 Å². The highest BCUT2D eigenvalue weighted by Crippen LogP contribution is 2.30. The molecule has 1 aliphatic rings. The van der Waals surface area contributed by atoms with Crippen LogP contribution in [0.5, 0.6) is 0 Å². The molecule has 2 aromatic rings. The predicted molar refractivity (Wildman–Crippen MR) is 153 cm³/mol. The molecule has 1 heterocycles. The van der Waals surface area contributed by atoms with Crippen LogP contribution in [0, 0.1) is 0 Å². The molecule has 3 rings (SSSR count). The molecule has 36 heavy (non-hydrogen) atoms. The molecule has 0 aromatic heterocycles. The van der Waals surface area contributed by atoms with Crippen molar-refractivity contribution >= 4 is 57.1 Å². The SMILES string of the molecule is CCNC(=O)CCC(C)SSCCNC(=O)CCC(=O)N1Cc2ccccc2/C=C\c2ccccc21. The standard InChI is InChI=1S/C28H35N3O3S2/c1-3-29-26(32)15-12-21(2)36-35-19-18-30-27(33)16-17-28(34)31-20-24-10-5-4-8-22(24)13-14-23-9-6-7-11-25(23)31/h4-11,13-14,21H,3,12,15-20H2,1-2H3,(H,29,32)(H,30,33)/b14-13-. The predicted octanol–water partition coefficient (Wildman–Crippen LogP) is 5.29. The summed E-state index contributed by atoms with van der Waals surface area (Å²) in [7, 11) is 3.43. The number of nitrogens with zero attached hydrogens (tertiary/aromatic N) is 1.